The number of imidazole rings is 1. The molecule has 0 fully saturated rings. The van der Waals surface area contributed by atoms with Crippen LogP contribution in [-0.4, -0.2) is 26.1 Å². The maximum absolute atomic E-state index is 13.6. The Labute approximate surface area is 233 Å². The number of carbonyl (C=O) groups excluding carboxylic acids is 1. The van der Waals surface area contributed by atoms with Crippen LogP contribution in [-0.2, 0) is 6.54 Å². The molecule has 0 aliphatic carbocycles. The minimum absolute atomic E-state index is 0.161. The van der Waals surface area contributed by atoms with E-state index in [-0.39, 0.29) is 16.7 Å². The van der Waals surface area contributed by atoms with Crippen molar-refractivity contribution in [2.24, 2.45) is 5.10 Å². The first-order chi connectivity index (χ1) is 20.1. The maximum atomic E-state index is 13.6. The molecule has 0 aliphatic heterocycles. The van der Waals surface area contributed by atoms with E-state index >= 15 is 0 Å². The third-order valence-corrected chi connectivity index (χ3v) is 7.64. The first-order valence-corrected chi connectivity index (χ1v) is 13.6. The zero-order valence-electron chi connectivity index (χ0n) is 22.3. The lowest BCUT2D eigenvalue weighted by atomic mass is 10.0. The van der Waals surface area contributed by atoms with Gasteiger partial charge in [-0.05, 0) is 47.5 Å². The Morgan fingerprint density at radius 1 is 0.878 bits per heavy atom. The van der Waals surface area contributed by atoms with Crippen LogP contribution < -0.4 is 16.5 Å². The number of hydrogen-bond donors (Lipinski definition) is 1. The smallest absolute Gasteiger partial charge is 0.273 e. The zero-order chi connectivity index (χ0) is 28.1. The fraction of sp³-hybridized carbons (Fsp3) is 0.121. The Morgan fingerprint density at radius 3 is 2.44 bits per heavy atom. The molecule has 0 aliphatic rings. The summed E-state index contributed by atoms with van der Waals surface area (Å²) < 4.78 is 3.33. The van der Waals surface area contributed by atoms with E-state index in [1.54, 1.807) is 33.2 Å². The Morgan fingerprint density at radius 2 is 1.61 bits per heavy atom. The van der Waals surface area contributed by atoms with Gasteiger partial charge in [0.2, 0.25) is 0 Å². The molecule has 7 aromatic rings. The number of hydrazone groups is 1. The molecule has 0 spiro atoms. The summed E-state index contributed by atoms with van der Waals surface area (Å²) >= 11 is 0. The van der Waals surface area contributed by atoms with Crippen LogP contribution in [0.4, 0.5) is 0 Å². The van der Waals surface area contributed by atoms with Gasteiger partial charge < -0.3 is 4.57 Å². The molecule has 1 amide bonds. The zero-order valence-corrected chi connectivity index (χ0v) is 22.3. The van der Waals surface area contributed by atoms with E-state index in [2.05, 4.69) is 17.5 Å². The van der Waals surface area contributed by atoms with Crippen LogP contribution in [0.1, 0.15) is 35.7 Å². The van der Waals surface area contributed by atoms with Crippen molar-refractivity contribution in [2.45, 2.75) is 26.3 Å². The fourth-order valence-electron chi connectivity index (χ4n) is 5.70. The number of nitrogens with zero attached hydrogens (tertiary/aromatic N) is 4. The lowest BCUT2D eigenvalue weighted by molar-refractivity contribution is 0.0956. The minimum Gasteiger partial charge on any atom is -0.308 e. The topological polar surface area (TPSA) is 97.8 Å². The van der Waals surface area contributed by atoms with Crippen molar-refractivity contribution in [3.63, 3.8) is 0 Å². The van der Waals surface area contributed by atoms with Crippen LogP contribution in [0.15, 0.2) is 99.6 Å². The van der Waals surface area contributed by atoms with Gasteiger partial charge in [-0.25, -0.2) is 10.4 Å². The van der Waals surface area contributed by atoms with Gasteiger partial charge in [0.05, 0.1) is 28.4 Å². The average molecular weight is 540 g/mol. The summed E-state index contributed by atoms with van der Waals surface area (Å²) in [5, 5.41) is 8.32. The molecular formula is C33H25N5O3. The Kier molecular flexibility index (Phi) is 5.82. The van der Waals surface area contributed by atoms with Crippen molar-refractivity contribution in [1.82, 2.24) is 19.4 Å². The monoisotopic (exact) mass is 539 g/mol. The Balaban J connectivity index is 1.29. The second-order valence-electron chi connectivity index (χ2n) is 10.1. The van der Waals surface area contributed by atoms with Crippen molar-refractivity contribution < 1.29 is 4.79 Å². The summed E-state index contributed by atoms with van der Waals surface area (Å²) in [6, 6.07) is 26.2. The van der Waals surface area contributed by atoms with Gasteiger partial charge in [-0.3, -0.25) is 18.8 Å². The third-order valence-electron chi connectivity index (χ3n) is 7.64. The highest BCUT2D eigenvalue weighted by Gasteiger charge is 2.19. The first-order valence-electron chi connectivity index (χ1n) is 13.6. The quantitative estimate of drug-likeness (QED) is 0.224. The summed E-state index contributed by atoms with van der Waals surface area (Å²) in [6.07, 6.45) is 3.22. The molecule has 8 nitrogen and oxygen atoms in total. The van der Waals surface area contributed by atoms with Crippen LogP contribution in [0.3, 0.4) is 0 Å². The van der Waals surface area contributed by atoms with E-state index in [0.717, 1.165) is 39.9 Å². The van der Waals surface area contributed by atoms with E-state index < -0.39 is 5.91 Å². The highest BCUT2D eigenvalue weighted by molar-refractivity contribution is 6.16. The molecule has 3 aromatic heterocycles. The number of fused-ring (bicyclic) bond motifs is 5. The van der Waals surface area contributed by atoms with Gasteiger partial charge in [-0.15, -0.1) is 0 Å². The van der Waals surface area contributed by atoms with E-state index in [1.807, 2.05) is 60.7 Å². The van der Waals surface area contributed by atoms with E-state index in [1.165, 1.54) is 6.21 Å². The lowest BCUT2D eigenvalue weighted by Gasteiger charge is -2.11. The van der Waals surface area contributed by atoms with Crippen LogP contribution in [0.2, 0.25) is 0 Å². The predicted molar refractivity (Wildman–Crippen MR) is 163 cm³/mol. The van der Waals surface area contributed by atoms with Crippen molar-refractivity contribution in [2.75, 3.05) is 0 Å². The van der Waals surface area contributed by atoms with Crippen molar-refractivity contribution in [1.29, 1.82) is 0 Å². The van der Waals surface area contributed by atoms with E-state index in [9.17, 15) is 14.4 Å². The van der Waals surface area contributed by atoms with Gasteiger partial charge in [0, 0.05) is 22.7 Å². The molecule has 0 unspecified atom stereocenters. The molecule has 200 valence electrons. The minimum atomic E-state index is -0.488. The van der Waals surface area contributed by atoms with Crippen LogP contribution in [0.25, 0.3) is 49.1 Å². The first kappa shape index (κ1) is 24.7. The van der Waals surface area contributed by atoms with Gasteiger partial charge in [-0.2, -0.15) is 5.10 Å². The molecule has 0 saturated heterocycles. The molecule has 1 N–H and O–H groups in total. The molecule has 0 radical (unpaired) electrons. The highest BCUT2D eigenvalue weighted by Crippen LogP contribution is 2.30. The summed E-state index contributed by atoms with van der Waals surface area (Å²) in [5.74, 6) is -0.488. The van der Waals surface area contributed by atoms with Gasteiger partial charge in [0.25, 0.3) is 17.0 Å². The van der Waals surface area contributed by atoms with E-state index in [4.69, 9.17) is 4.98 Å². The van der Waals surface area contributed by atoms with Crippen LogP contribution in [0, 0.1) is 0 Å². The fourth-order valence-corrected chi connectivity index (χ4v) is 5.70. The van der Waals surface area contributed by atoms with Crippen molar-refractivity contribution in [3.05, 3.63) is 117 Å². The number of pyridine rings is 2. The molecule has 0 bridgehead atoms. The molecule has 8 heteroatoms. The summed E-state index contributed by atoms with van der Waals surface area (Å²) in [6.45, 7) is 2.69. The number of benzene rings is 4. The van der Waals surface area contributed by atoms with Crippen LogP contribution >= 0.6 is 0 Å². The lowest BCUT2D eigenvalue weighted by Crippen LogP contribution is -2.25. The molecule has 0 saturated carbocycles. The Hall–Kier alpha value is -5.37. The number of aromatic nitrogens is 3. The average Bonchev–Trinajstić information content (AvgIpc) is 3.40. The summed E-state index contributed by atoms with van der Waals surface area (Å²) in [5.41, 5.74) is 5.19. The molecule has 3 heterocycles. The standard InChI is InChI=1S/C33H25N5O3/c1-2-3-17-37-26-15-5-4-9-21(26)18-22(32(37)40)19-34-36-31(39)25-14-8-16-27-29(25)35-30-23-12-6-10-20-11-7-13-24(28(20)23)33(41)38(27)30/h4-16,18-19H,2-3,17H2,1H3,(H,36,39)/b34-19+. The SMILES string of the molecule is CCCCn1c(=O)c(/C=N/NC(=O)c2cccc3c2nc2c4cccc5cccc(c(=O)n32)c54)cc2ccccc21. The number of hydrogen-bond acceptors (Lipinski definition) is 5. The number of nitrogens with one attached hydrogen (secondary N) is 1. The van der Waals surface area contributed by atoms with Crippen molar-refractivity contribution in [3.8, 4) is 0 Å². The number of unbranched alkanes of at least 4 members (excludes halogenated alkanes) is 1. The molecule has 41 heavy (non-hydrogen) atoms. The molecule has 0 atom stereocenters. The normalized spacial score (nSPS) is 12.0. The second kappa shape index (κ2) is 9.67. The number of aryl methyl sites for hydroxylation is 1. The van der Waals surface area contributed by atoms with Crippen LogP contribution in [0.5, 0.6) is 0 Å². The molecular weight excluding hydrogens is 514 g/mol. The van der Waals surface area contributed by atoms with Gasteiger partial charge in [0.15, 0.2) is 0 Å². The predicted octanol–water partition coefficient (Wildman–Crippen LogP) is 5.47. The molecule has 7 rings (SSSR count). The number of amides is 1. The summed E-state index contributed by atoms with van der Waals surface area (Å²) in [4.78, 5) is 44.9. The summed E-state index contributed by atoms with van der Waals surface area (Å²) in [7, 11) is 0. The van der Waals surface area contributed by atoms with Gasteiger partial charge in [0.1, 0.15) is 11.2 Å². The number of para-hydroxylation sites is 2. The largest absolute Gasteiger partial charge is 0.308 e. The van der Waals surface area contributed by atoms with E-state index in [0.29, 0.717) is 34.2 Å². The highest BCUT2D eigenvalue weighted by atomic mass is 16.2. The van der Waals surface area contributed by atoms with Gasteiger partial charge >= 0.3 is 0 Å². The van der Waals surface area contributed by atoms with Crippen molar-refractivity contribution >= 4 is 61.3 Å². The Bertz CT molecular complexity index is 2290. The third kappa shape index (κ3) is 3.87. The van der Waals surface area contributed by atoms with Gasteiger partial charge in [-0.1, -0.05) is 67.9 Å². The number of rotatable bonds is 6. The number of carbonyl (C=O) groups is 1. The molecule has 4 aromatic carbocycles. The second-order valence-corrected chi connectivity index (χ2v) is 10.1. The maximum Gasteiger partial charge on any atom is 0.273 e.